The van der Waals surface area contributed by atoms with Crippen LogP contribution in [-0.4, -0.2) is 10.8 Å². The molecule has 3 aromatic rings. The van der Waals surface area contributed by atoms with Gasteiger partial charge in [0.15, 0.2) is 16.7 Å². The molecule has 4 nitrogen and oxygen atoms in total. The van der Waals surface area contributed by atoms with Gasteiger partial charge in [0.05, 0.1) is 6.26 Å². The summed E-state index contributed by atoms with van der Waals surface area (Å²) in [6.07, 6.45) is 2.15. The fourth-order valence-electron chi connectivity index (χ4n) is 1.94. The van der Waals surface area contributed by atoms with Gasteiger partial charge in [-0.2, -0.15) is 0 Å². The number of rotatable bonds is 5. The third-order valence-corrected chi connectivity index (χ3v) is 3.81. The fraction of sp³-hybridized carbons (Fsp3) is 0.125. The number of carbonyl (C=O) groups is 1. The molecule has 0 saturated heterocycles. The number of nitrogens with one attached hydrogen (secondary N) is 1. The lowest BCUT2D eigenvalue weighted by molar-refractivity contribution is 0.0988. The van der Waals surface area contributed by atoms with Gasteiger partial charge in [-0.15, -0.1) is 11.3 Å². The number of nitrogens with zero attached hydrogens (tertiary/aromatic N) is 1. The van der Waals surface area contributed by atoms with Gasteiger partial charge in [-0.25, -0.2) is 4.98 Å². The van der Waals surface area contributed by atoms with Crippen LogP contribution < -0.4 is 5.32 Å². The first-order chi connectivity index (χ1) is 10.3. The van der Waals surface area contributed by atoms with E-state index in [9.17, 15) is 4.79 Å². The minimum atomic E-state index is 0.149. The number of furan rings is 1. The van der Waals surface area contributed by atoms with Crippen LogP contribution >= 0.6 is 11.3 Å². The molecule has 0 unspecified atom stereocenters. The van der Waals surface area contributed by atoms with Crippen LogP contribution in [0.5, 0.6) is 0 Å². The predicted octanol–water partition coefficient (Wildman–Crippen LogP) is 4.74. The van der Waals surface area contributed by atoms with Crippen molar-refractivity contribution in [3.8, 4) is 11.5 Å². The molecule has 1 N–H and O–H groups in total. The van der Waals surface area contributed by atoms with E-state index < -0.39 is 0 Å². The molecule has 0 aliphatic heterocycles. The normalized spacial score (nSPS) is 10.5. The summed E-state index contributed by atoms with van der Waals surface area (Å²) in [5.74, 6) is 0.902. The average Bonchev–Trinajstić information content (AvgIpc) is 3.18. The molecule has 106 valence electrons. The SMILES string of the molecule is CCC(=O)c1ccc(Nc2nc(-c3ccco3)cs2)cc1. The molecule has 2 aromatic heterocycles. The predicted molar refractivity (Wildman–Crippen MR) is 84.2 cm³/mol. The van der Waals surface area contributed by atoms with E-state index in [0.29, 0.717) is 6.42 Å². The first kappa shape index (κ1) is 13.6. The van der Waals surface area contributed by atoms with Crippen molar-refractivity contribution in [1.29, 1.82) is 0 Å². The maximum atomic E-state index is 11.6. The zero-order valence-electron chi connectivity index (χ0n) is 11.5. The molecule has 0 fully saturated rings. The van der Waals surface area contributed by atoms with E-state index in [-0.39, 0.29) is 5.78 Å². The Balaban J connectivity index is 1.73. The van der Waals surface area contributed by atoms with Crippen molar-refractivity contribution in [3.05, 3.63) is 53.6 Å². The molecule has 0 radical (unpaired) electrons. The summed E-state index contributed by atoms with van der Waals surface area (Å²) in [6.45, 7) is 1.86. The Morgan fingerprint density at radius 2 is 2.10 bits per heavy atom. The van der Waals surface area contributed by atoms with Crippen LogP contribution in [0.2, 0.25) is 0 Å². The lowest BCUT2D eigenvalue weighted by atomic mass is 10.1. The minimum Gasteiger partial charge on any atom is -0.463 e. The van der Waals surface area contributed by atoms with Crippen LogP contribution in [0, 0.1) is 0 Å². The molecular weight excluding hydrogens is 284 g/mol. The van der Waals surface area contributed by atoms with Crippen molar-refractivity contribution in [2.45, 2.75) is 13.3 Å². The summed E-state index contributed by atoms with van der Waals surface area (Å²) < 4.78 is 5.32. The van der Waals surface area contributed by atoms with Gasteiger partial charge in [0.2, 0.25) is 0 Å². The van der Waals surface area contributed by atoms with Crippen LogP contribution in [0.4, 0.5) is 10.8 Å². The third kappa shape index (κ3) is 3.03. The Bertz CT molecular complexity index is 730. The molecule has 0 spiro atoms. The Morgan fingerprint density at radius 1 is 1.29 bits per heavy atom. The number of Topliss-reactive ketones (excluding diaryl/α,β-unsaturated/α-hetero) is 1. The van der Waals surface area contributed by atoms with Crippen molar-refractivity contribution in [2.75, 3.05) is 5.32 Å². The molecule has 1 aromatic carbocycles. The standard InChI is InChI=1S/C16H14N2O2S/c1-2-14(19)11-5-7-12(8-6-11)17-16-18-13(10-21-16)15-4-3-9-20-15/h3-10H,2H2,1H3,(H,17,18). The largest absolute Gasteiger partial charge is 0.463 e. The second kappa shape index (κ2) is 5.93. The van der Waals surface area contributed by atoms with Gasteiger partial charge in [0.25, 0.3) is 0 Å². The number of carbonyl (C=O) groups excluding carboxylic acids is 1. The average molecular weight is 298 g/mol. The number of thiazole rings is 1. The van der Waals surface area contributed by atoms with E-state index in [0.717, 1.165) is 27.8 Å². The van der Waals surface area contributed by atoms with Gasteiger partial charge in [0.1, 0.15) is 5.69 Å². The highest BCUT2D eigenvalue weighted by Gasteiger charge is 2.07. The van der Waals surface area contributed by atoms with Gasteiger partial charge < -0.3 is 9.73 Å². The highest BCUT2D eigenvalue weighted by molar-refractivity contribution is 7.14. The van der Waals surface area contributed by atoms with Gasteiger partial charge in [0, 0.05) is 23.1 Å². The van der Waals surface area contributed by atoms with E-state index in [1.165, 1.54) is 11.3 Å². The molecule has 21 heavy (non-hydrogen) atoms. The van der Waals surface area contributed by atoms with E-state index >= 15 is 0 Å². The van der Waals surface area contributed by atoms with Gasteiger partial charge in [-0.05, 0) is 36.4 Å². The van der Waals surface area contributed by atoms with Crippen molar-refractivity contribution >= 4 is 27.9 Å². The monoisotopic (exact) mass is 298 g/mol. The van der Waals surface area contributed by atoms with Crippen molar-refractivity contribution in [3.63, 3.8) is 0 Å². The highest BCUT2D eigenvalue weighted by atomic mass is 32.1. The Labute approximate surface area is 126 Å². The highest BCUT2D eigenvalue weighted by Crippen LogP contribution is 2.27. The molecule has 0 bridgehead atoms. The third-order valence-electron chi connectivity index (χ3n) is 3.06. The van der Waals surface area contributed by atoms with Crippen LogP contribution in [0.15, 0.2) is 52.5 Å². The van der Waals surface area contributed by atoms with Gasteiger partial charge in [-0.3, -0.25) is 4.79 Å². The Morgan fingerprint density at radius 3 is 2.76 bits per heavy atom. The minimum absolute atomic E-state index is 0.149. The maximum absolute atomic E-state index is 11.6. The van der Waals surface area contributed by atoms with E-state index in [2.05, 4.69) is 10.3 Å². The summed E-state index contributed by atoms with van der Waals surface area (Å²) in [7, 11) is 0. The number of hydrogen-bond donors (Lipinski definition) is 1. The van der Waals surface area contributed by atoms with Crippen molar-refractivity contribution in [1.82, 2.24) is 4.98 Å². The Hall–Kier alpha value is -2.40. The molecular formula is C16H14N2O2S. The lowest BCUT2D eigenvalue weighted by Crippen LogP contribution is -1.96. The second-order valence-corrected chi connectivity index (χ2v) is 5.35. The molecule has 0 aliphatic rings. The number of hydrogen-bond acceptors (Lipinski definition) is 5. The molecule has 5 heteroatoms. The van der Waals surface area contributed by atoms with Crippen LogP contribution in [0.25, 0.3) is 11.5 Å². The second-order valence-electron chi connectivity index (χ2n) is 4.49. The topological polar surface area (TPSA) is 55.1 Å². The number of aromatic nitrogens is 1. The lowest BCUT2D eigenvalue weighted by Gasteiger charge is -2.03. The molecule has 0 amide bonds. The Kier molecular flexibility index (Phi) is 3.83. The van der Waals surface area contributed by atoms with E-state index in [1.807, 2.05) is 48.7 Å². The first-order valence-corrected chi connectivity index (χ1v) is 7.54. The zero-order chi connectivity index (χ0) is 14.7. The number of benzene rings is 1. The number of ketones is 1. The summed E-state index contributed by atoms with van der Waals surface area (Å²) in [5.41, 5.74) is 2.45. The summed E-state index contributed by atoms with van der Waals surface area (Å²) >= 11 is 1.51. The molecule has 0 saturated carbocycles. The smallest absolute Gasteiger partial charge is 0.187 e. The van der Waals surface area contributed by atoms with Crippen molar-refractivity contribution in [2.24, 2.45) is 0 Å². The number of anilines is 2. The maximum Gasteiger partial charge on any atom is 0.187 e. The zero-order valence-corrected chi connectivity index (χ0v) is 12.3. The molecule has 2 heterocycles. The van der Waals surface area contributed by atoms with E-state index in [4.69, 9.17) is 4.42 Å². The summed E-state index contributed by atoms with van der Waals surface area (Å²) in [4.78, 5) is 16.0. The van der Waals surface area contributed by atoms with Crippen molar-refractivity contribution < 1.29 is 9.21 Å². The van der Waals surface area contributed by atoms with Crippen LogP contribution in [0.1, 0.15) is 23.7 Å². The molecule has 0 atom stereocenters. The summed E-state index contributed by atoms with van der Waals surface area (Å²) in [5, 5.41) is 5.95. The summed E-state index contributed by atoms with van der Waals surface area (Å²) in [6, 6.07) is 11.1. The van der Waals surface area contributed by atoms with E-state index in [1.54, 1.807) is 6.26 Å². The fourth-order valence-corrected chi connectivity index (χ4v) is 2.66. The van der Waals surface area contributed by atoms with Gasteiger partial charge in [-0.1, -0.05) is 6.92 Å². The first-order valence-electron chi connectivity index (χ1n) is 6.66. The van der Waals surface area contributed by atoms with Crippen LogP contribution in [0.3, 0.4) is 0 Å². The van der Waals surface area contributed by atoms with Gasteiger partial charge >= 0.3 is 0 Å². The molecule has 3 rings (SSSR count). The van der Waals surface area contributed by atoms with Crippen LogP contribution in [-0.2, 0) is 0 Å². The molecule has 0 aliphatic carbocycles. The quantitative estimate of drug-likeness (QED) is 0.691.